The Morgan fingerprint density at radius 2 is 1.73 bits per heavy atom. The van der Waals surface area contributed by atoms with Gasteiger partial charge in [-0.25, -0.2) is 4.79 Å². The molecular formula is C17H17NO4. The number of esters is 1. The molecule has 5 heteroatoms. The standard InChI is InChI=1S/C17H17NO4/c1-20-17(19)15-7-3-14(4-8-15)12-22-16-9-5-13(6-10-16)11-18-21-2/h3-11H,12H2,1-2H3/b18-11+. The summed E-state index contributed by atoms with van der Waals surface area (Å²) in [6, 6.07) is 14.6. The average molecular weight is 299 g/mol. The largest absolute Gasteiger partial charge is 0.489 e. The molecule has 0 amide bonds. The number of hydrogen-bond donors (Lipinski definition) is 0. The zero-order valence-electron chi connectivity index (χ0n) is 12.5. The molecule has 0 N–H and O–H groups in total. The van der Waals surface area contributed by atoms with E-state index in [9.17, 15) is 4.79 Å². The summed E-state index contributed by atoms with van der Waals surface area (Å²) in [5.74, 6) is 0.410. The van der Waals surface area contributed by atoms with Gasteiger partial charge in [0.2, 0.25) is 0 Å². The first-order chi connectivity index (χ1) is 10.7. The second-order valence-electron chi connectivity index (χ2n) is 4.46. The zero-order valence-corrected chi connectivity index (χ0v) is 12.5. The molecule has 22 heavy (non-hydrogen) atoms. The third-order valence-corrected chi connectivity index (χ3v) is 2.97. The molecule has 2 aromatic carbocycles. The van der Waals surface area contributed by atoms with E-state index < -0.39 is 0 Å². The quantitative estimate of drug-likeness (QED) is 0.467. The van der Waals surface area contributed by atoms with Crippen molar-refractivity contribution in [2.24, 2.45) is 5.16 Å². The Morgan fingerprint density at radius 3 is 2.32 bits per heavy atom. The van der Waals surface area contributed by atoms with Crippen LogP contribution in [0.15, 0.2) is 53.7 Å². The van der Waals surface area contributed by atoms with E-state index in [-0.39, 0.29) is 5.97 Å². The Hall–Kier alpha value is -2.82. The van der Waals surface area contributed by atoms with Crippen molar-refractivity contribution in [3.8, 4) is 5.75 Å². The summed E-state index contributed by atoms with van der Waals surface area (Å²) in [4.78, 5) is 16.0. The zero-order chi connectivity index (χ0) is 15.8. The van der Waals surface area contributed by atoms with Crippen LogP contribution in [0, 0.1) is 0 Å². The van der Waals surface area contributed by atoms with Gasteiger partial charge in [-0.05, 0) is 47.5 Å². The van der Waals surface area contributed by atoms with Crippen LogP contribution in [-0.4, -0.2) is 26.4 Å². The Morgan fingerprint density at radius 1 is 1.05 bits per heavy atom. The van der Waals surface area contributed by atoms with Crippen molar-refractivity contribution in [1.82, 2.24) is 0 Å². The second kappa shape index (κ2) is 7.83. The normalized spacial score (nSPS) is 10.5. The minimum atomic E-state index is -0.346. The van der Waals surface area contributed by atoms with Gasteiger partial charge in [-0.3, -0.25) is 0 Å². The summed E-state index contributed by atoms with van der Waals surface area (Å²) in [6.07, 6.45) is 1.62. The van der Waals surface area contributed by atoms with Gasteiger partial charge < -0.3 is 14.3 Å². The lowest BCUT2D eigenvalue weighted by Crippen LogP contribution is -2.02. The van der Waals surface area contributed by atoms with Crippen LogP contribution in [-0.2, 0) is 16.2 Å². The molecule has 0 unspecified atom stereocenters. The molecule has 0 saturated heterocycles. The summed E-state index contributed by atoms with van der Waals surface area (Å²) < 4.78 is 10.3. The lowest BCUT2D eigenvalue weighted by atomic mass is 10.1. The number of methoxy groups -OCH3 is 1. The molecule has 0 aromatic heterocycles. The number of hydrogen-bond acceptors (Lipinski definition) is 5. The van der Waals surface area contributed by atoms with Gasteiger partial charge in [0, 0.05) is 0 Å². The highest BCUT2D eigenvalue weighted by Gasteiger charge is 2.04. The SMILES string of the molecule is CO/N=C/c1ccc(OCc2ccc(C(=O)OC)cc2)cc1. The third kappa shape index (κ3) is 4.34. The summed E-state index contributed by atoms with van der Waals surface area (Å²) in [5, 5.41) is 3.69. The molecule has 0 fully saturated rings. The average Bonchev–Trinajstić information content (AvgIpc) is 2.58. The van der Waals surface area contributed by atoms with E-state index in [2.05, 4.69) is 14.7 Å². The molecule has 0 bridgehead atoms. The van der Waals surface area contributed by atoms with E-state index >= 15 is 0 Å². The van der Waals surface area contributed by atoms with Crippen molar-refractivity contribution in [3.05, 3.63) is 65.2 Å². The van der Waals surface area contributed by atoms with Crippen LogP contribution >= 0.6 is 0 Å². The van der Waals surface area contributed by atoms with Gasteiger partial charge in [0.1, 0.15) is 19.5 Å². The van der Waals surface area contributed by atoms with Crippen LogP contribution in [0.4, 0.5) is 0 Å². The molecule has 0 radical (unpaired) electrons. The lowest BCUT2D eigenvalue weighted by molar-refractivity contribution is 0.0600. The maximum Gasteiger partial charge on any atom is 0.337 e. The molecule has 114 valence electrons. The molecule has 0 aliphatic heterocycles. The summed E-state index contributed by atoms with van der Waals surface area (Å²) in [6.45, 7) is 0.424. The van der Waals surface area contributed by atoms with E-state index in [1.165, 1.54) is 14.2 Å². The predicted octanol–water partition coefficient (Wildman–Crippen LogP) is 3.03. The maximum atomic E-state index is 11.3. The van der Waals surface area contributed by atoms with E-state index in [1.54, 1.807) is 18.3 Å². The van der Waals surface area contributed by atoms with Gasteiger partial charge in [-0.2, -0.15) is 0 Å². The minimum Gasteiger partial charge on any atom is -0.489 e. The van der Waals surface area contributed by atoms with Gasteiger partial charge in [-0.15, -0.1) is 0 Å². The van der Waals surface area contributed by atoms with Crippen molar-refractivity contribution < 1.29 is 19.1 Å². The number of oxime groups is 1. The van der Waals surface area contributed by atoms with Gasteiger partial charge in [0.05, 0.1) is 18.9 Å². The highest BCUT2D eigenvalue weighted by atomic mass is 16.6. The number of benzene rings is 2. The van der Waals surface area contributed by atoms with Crippen LogP contribution in [0.25, 0.3) is 0 Å². The fourth-order valence-corrected chi connectivity index (χ4v) is 1.79. The Labute approximate surface area is 129 Å². The van der Waals surface area contributed by atoms with Crippen LogP contribution in [0.3, 0.4) is 0 Å². The summed E-state index contributed by atoms with van der Waals surface area (Å²) >= 11 is 0. The molecule has 0 aliphatic rings. The number of ether oxygens (including phenoxy) is 2. The van der Waals surface area contributed by atoms with Gasteiger partial charge in [0.25, 0.3) is 0 Å². The fraction of sp³-hybridized carbons (Fsp3) is 0.176. The minimum absolute atomic E-state index is 0.346. The fourth-order valence-electron chi connectivity index (χ4n) is 1.79. The van der Waals surface area contributed by atoms with E-state index in [4.69, 9.17) is 4.74 Å². The first kappa shape index (κ1) is 15.6. The Kier molecular flexibility index (Phi) is 5.54. The number of rotatable bonds is 6. The van der Waals surface area contributed by atoms with Crippen molar-refractivity contribution in [2.45, 2.75) is 6.61 Å². The van der Waals surface area contributed by atoms with Crippen LogP contribution in [0.1, 0.15) is 21.5 Å². The number of carbonyl (C=O) groups is 1. The molecule has 5 nitrogen and oxygen atoms in total. The van der Waals surface area contributed by atoms with E-state index in [0.717, 1.165) is 16.9 Å². The number of carbonyl (C=O) groups excluding carboxylic acids is 1. The van der Waals surface area contributed by atoms with Crippen molar-refractivity contribution in [2.75, 3.05) is 14.2 Å². The molecule has 0 atom stereocenters. The Balaban J connectivity index is 1.92. The molecule has 0 saturated carbocycles. The van der Waals surface area contributed by atoms with Crippen molar-refractivity contribution >= 4 is 12.2 Å². The summed E-state index contributed by atoms with van der Waals surface area (Å²) in [7, 11) is 2.86. The highest BCUT2D eigenvalue weighted by molar-refractivity contribution is 5.89. The topological polar surface area (TPSA) is 57.1 Å². The van der Waals surface area contributed by atoms with E-state index in [1.807, 2.05) is 36.4 Å². The Bertz CT molecular complexity index is 633. The van der Waals surface area contributed by atoms with Crippen LogP contribution in [0.2, 0.25) is 0 Å². The number of nitrogens with zero attached hydrogens (tertiary/aromatic N) is 1. The smallest absolute Gasteiger partial charge is 0.337 e. The second-order valence-corrected chi connectivity index (χ2v) is 4.46. The maximum absolute atomic E-state index is 11.3. The van der Waals surface area contributed by atoms with Gasteiger partial charge in [-0.1, -0.05) is 17.3 Å². The molecule has 0 heterocycles. The third-order valence-electron chi connectivity index (χ3n) is 2.97. The lowest BCUT2D eigenvalue weighted by Gasteiger charge is -2.07. The predicted molar refractivity (Wildman–Crippen MR) is 83.2 cm³/mol. The molecule has 2 aromatic rings. The summed E-state index contributed by atoms with van der Waals surface area (Å²) in [5.41, 5.74) is 2.42. The van der Waals surface area contributed by atoms with Crippen molar-refractivity contribution in [1.29, 1.82) is 0 Å². The molecule has 0 aliphatic carbocycles. The monoisotopic (exact) mass is 299 g/mol. The molecular weight excluding hydrogens is 282 g/mol. The van der Waals surface area contributed by atoms with Crippen molar-refractivity contribution in [3.63, 3.8) is 0 Å². The molecule has 2 rings (SSSR count). The molecule has 0 spiro atoms. The van der Waals surface area contributed by atoms with E-state index in [0.29, 0.717) is 12.2 Å². The van der Waals surface area contributed by atoms with Gasteiger partial charge >= 0.3 is 5.97 Å². The first-order valence-corrected chi connectivity index (χ1v) is 6.69. The van der Waals surface area contributed by atoms with Crippen LogP contribution < -0.4 is 4.74 Å². The van der Waals surface area contributed by atoms with Gasteiger partial charge in [0.15, 0.2) is 0 Å². The highest BCUT2D eigenvalue weighted by Crippen LogP contribution is 2.14. The van der Waals surface area contributed by atoms with Crippen LogP contribution in [0.5, 0.6) is 5.75 Å². The first-order valence-electron chi connectivity index (χ1n) is 6.69.